The van der Waals surface area contributed by atoms with E-state index in [2.05, 4.69) is 0 Å². The molecule has 1 nitrogen and oxygen atoms in total. The Morgan fingerprint density at radius 3 is 2.00 bits per heavy atom. The minimum absolute atomic E-state index is 0.339. The first kappa shape index (κ1) is 11.7. The molecule has 2 heteroatoms. The van der Waals surface area contributed by atoms with Crippen LogP contribution in [0.4, 0.5) is 0 Å². The standard InChI is InChI=1S/C15H12OS/c16-11-14(12-7-3-1-4-8-12)15(17)13-9-5-2-6-10-13/h1-11,14H. The molecule has 0 amide bonds. The van der Waals surface area contributed by atoms with Crippen LogP contribution in [0.2, 0.25) is 0 Å². The molecule has 0 heterocycles. The van der Waals surface area contributed by atoms with Gasteiger partial charge in [0.25, 0.3) is 0 Å². The van der Waals surface area contributed by atoms with Crippen LogP contribution in [0.3, 0.4) is 0 Å². The number of carbonyl (C=O) groups excluding carboxylic acids is 1. The molecule has 2 rings (SSSR count). The summed E-state index contributed by atoms with van der Waals surface area (Å²) in [5.74, 6) is -0.339. The van der Waals surface area contributed by atoms with Crippen molar-refractivity contribution in [2.24, 2.45) is 0 Å². The lowest BCUT2D eigenvalue weighted by Gasteiger charge is -2.12. The zero-order chi connectivity index (χ0) is 12.1. The van der Waals surface area contributed by atoms with Gasteiger partial charge in [-0.15, -0.1) is 0 Å². The number of rotatable bonds is 4. The molecule has 0 aliphatic heterocycles. The van der Waals surface area contributed by atoms with E-state index in [1.165, 1.54) is 0 Å². The molecule has 2 aromatic carbocycles. The van der Waals surface area contributed by atoms with Crippen molar-refractivity contribution >= 4 is 23.4 Å². The monoisotopic (exact) mass is 240 g/mol. The molecule has 0 aromatic heterocycles. The summed E-state index contributed by atoms with van der Waals surface area (Å²) in [6, 6.07) is 19.3. The van der Waals surface area contributed by atoms with Crippen LogP contribution in [0, 0.1) is 0 Å². The predicted octanol–water partition coefficient (Wildman–Crippen LogP) is 3.39. The molecule has 0 aliphatic carbocycles. The van der Waals surface area contributed by atoms with E-state index in [1.807, 2.05) is 60.7 Å². The zero-order valence-electron chi connectivity index (χ0n) is 9.24. The summed E-state index contributed by atoms with van der Waals surface area (Å²) < 4.78 is 0. The third-order valence-electron chi connectivity index (χ3n) is 2.64. The highest BCUT2D eigenvalue weighted by Gasteiger charge is 2.16. The van der Waals surface area contributed by atoms with Crippen molar-refractivity contribution in [3.05, 3.63) is 71.8 Å². The predicted molar refractivity (Wildman–Crippen MR) is 73.4 cm³/mol. The fourth-order valence-corrected chi connectivity index (χ4v) is 2.06. The van der Waals surface area contributed by atoms with Gasteiger partial charge in [-0.25, -0.2) is 0 Å². The maximum absolute atomic E-state index is 11.2. The van der Waals surface area contributed by atoms with E-state index in [1.54, 1.807) is 0 Å². The number of benzene rings is 2. The van der Waals surface area contributed by atoms with Gasteiger partial charge in [0.05, 0.1) is 5.92 Å². The number of hydrogen-bond donors (Lipinski definition) is 0. The number of hydrogen-bond acceptors (Lipinski definition) is 2. The van der Waals surface area contributed by atoms with Crippen molar-refractivity contribution in [2.45, 2.75) is 5.92 Å². The molecule has 1 atom stereocenters. The molecule has 0 aliphatic rings. The summed E-state index contributed by atoms with van der Waals surface area (Å²) in [7, 11) is 0. The van der Waals surface area contributed by atoms with Gasteiger partial charge in [0.1, 0.15) is 6.29 Å². The molecule has 0 saturated heterocycles. The maximum atomic E-state index is 11.2. The summed E-state index contributed by atoms with van der Waals surface area (Å²) in [5.41, 5.74) is 1.87. The van der Waals surface area contributed by atoms with Crippen molar-refractivity contribution in [3.8, 4) is 0 Å². The van der Waals surface area contributed by atoms with Crippen LogP contribution in [-0.4, -0.2) is 11.2 Å². The van der Waals surface area contributed by atoms with E-state index in [0.29, 0.717) is 4.86 Å². The first-order valence-electron chi connectivity index (χ1n) is 5.42. The van der Waals surface area contributed by atoms with Crippen molar-refractivity contribution in [1.29, 1.82) is 0 Å². The van der Waals surface area contributed by atoms with Gasteiger partial charge in [0.2, 0.25) is 0 Å². The molecule has 0 radical (unpaired) electrons. The van der Waals surface area contributed by atoms with Crippen LogP contribution in [0.5, 0.6) is 0 Å². The van der Waals surface area contributed by atoms with E-state index < -0.39 is 0 Å². The Morgan fingerprint density at radius 1 is 0.941 bits per heavy atom. The fraction of sp³-hybridized carbons (Fsp3) is 0.0667. The van der Waals surface area contributed by atoms with Crippen LogP contribution in [-0.2, 0) is 4.79 Å². The maximum Gasteiger partial charge on any atom is 0.132 e. The molecule has 0 N–H and O–H groups in total. The highest BCUT2D eigenvalue weighted by molar-refractivity contribution is 7.81. The Labute approximate surface area is 106 Å². The molecule has 0 spiro atoms. The van der Waals surface area contributed by atoms with Crippen molar-refractivity contribution in [1.82, 2.24) is 0 Å². The summed E-state index contributed by atoms with van der Waals surface area (Å²) in [4.78, 5) is 11.9. The van der Waals surface area contributed by atoms with Gasteiger partial charge < -0.3 is 4.79 Å². The molecule has 84 valence electrons. The van der Waals surface area contributed by atoms with Gasteiger partial charge in [-0.3, -0.25) is 0 Å². The highest BCUT2D eigenvalue weighted by Crippen LogP contribution is 2.19. The van der Waals surface area contributed by atoms with Crippen LogP contribution < -0.4 is 0 Å². The SMILES string of the molecule is O=CC(C(=S)c1ccccc1)c1ccccc1. The van der Waals surface area contributed by atoms with Crippen LogP contribution in [0.25, 0.3) is 0 Å². The highest BCUT2D eigenvalue weighted by atomic mass is 32.1. The Hall–Kier alpha value is -1.80. The lowest BCUT2D eigenvalue weighted by Crippen LogP contribution is -2.12. The van der Waals surface area contributed by atoms with Gasteiger partial charge in [-0.1, -0.05) is 72.9 Å². The van der Waals surface area contributed by atoms with Crippen LogP contribution in [0.15, 0.2) is 60.7 Å². The quantitative estimate of drug-likeness (QED) is 0.463. The first-order valence-corrected chi connectivity index (χ1v) is 5.83. The molecular weight excluding hydrogens is 228 g/mol. The first-order chi connectivity index (χ1) is 8.33. The van der Waals surface area contributed by atoms with Gasteiger partial charge in [-0.05, 0) is 11.1 Å². The smallest absolute Gasteiger partial charge is 0.132 e. The number of thiocarbonyl (C=S) groups is 1. The molecule has 2 aromatic rings. The second-order valence-corrected chi connectivity index (χ2v) is 4.19. The van der Waals surface area contributed by atoms with Crippen LogP contribution in [0.1, 0.15) is 17.0 Å². The second-order valence-electron chi connectivity index (χ2n) is 3.75. The summed E-state index contributed by atoms with van der Waals surface area (Å²) in [5, 5.41) is 0. The van der Waals surface area contributed by atoms with E-state index in [4.69, 9.17) is 12.2 Å². The summed E-state index contributed by atoms with van der Waals surface area (Å²) >= 11 is 5.39. The zero-order valence-corrected chi connectivity index (χ0v) is 10.1. The minimum Gasteiger partial charge on any atom is -0.302 e. The Bertz CT molecular complexity index is 505. The van der Waals surface area contributed by atoms with Gasteiger partial charge in [-0.2, -0.15) is 0 Å². The number of aldehydes is 1. The van der Waals surface area contributed by atoms with Gasteiger partial charge in [0, 0.05) is 4.86 Å². The lowest BCUT2D eigenvalue weighted by atomic mass is 9.93. The molecule has 1 unspecified atom stereocenters. The van der Waals surface area contributed by atoms with Crippen molar-refractivity contribution < 1.29 is 4.79 Å². The normalized spacial score (nSPS) is 11.8. The third kappa shape index (κ3) is 2.66. The van der Waals surface area contributed by atoms with Gasteiger partial charge in [0.15, 0.2) is 0 Å². The third-order valence-corrected chi connectivity index (χ3v) is 3.13. The minimum atomic E-state index is -0.339. The molecular formula is C15H12OS. The second kappa shape index (κ2) is 5.51. The lowest BCUT2D eigenvalue weighted by molar-refractivity contribution is -0.107. The molecule has 17 heavy (non-hydrogen) atoms. The fourth-order valence-electron chi connectivity index (χ4n) is 1.73. The van der Waals surface area contributed by atoms with E-state index in [9.17, 15) is 4.79 Å². The molecule has 0 fully saturated rings. The number of carbonyl (C=O) groups is 1. The van der Waals surface area contributed by atoms with Crippen molar-refractivity contribution in [2.75, 3.05) is 0 Å². The molecule has 0 saturated carbocycles. The van der Waals surface area contributed by atoms with E-state index in [-0.39, 0.29) is 5.92 Å². The van der Waals surface area contributed by atoms with E-state index in [0.717, 1.165) is 17.4 Å². The van der Waals surface area contributed by atoms with Crippen LogP contribution >= 0.6 is 12.2 Å². The Kier molecular flexibility index (Phi) is 3.78. The Morgan fingerprint density at radius 2 is 1.47 bits per heavy atom. The average molecular weight is 240 g/mol. The average Bonchev–Trinajstić information content (AvgIpc) is 2.42. The molecule has 0 bridgehead atoms. The Balaban J connectivity index is 2.32. The summed E-state index contributed by atoms with van der Waals surface area (Å²) in [6.45, 7) is 0. The topological polar surface area (TPSA) is 17.1 Å². The van der Waals surface area contributed by atoms with Crippen molar-refractivity contribution in [3.63, 3.8) is 0 Å². The van der Waals surface area contributed by atoms with E-state index >= 15 is 0 Å². The van der Waals surface area contributed by atoms with Gasteiger partial charge >= 0.3 is 0 Å². The summed E-state index contributed by atoms with van der Waals surface area (Å²) in [6.07, 6.45) is 0.907. The largest absolute Gasteiger partial charge is 0.302 e.